The van der Waals surface area contributed by atoms with E-state index in [0.29, 0.717) is 28.0 Å². The van der Waals surface area contributed by atoms with Gasteiger partial charge in [0, 0.05) is 31.1 Å². The highest BCUT2D eigenvalue weighted by Crippen LogP contribution is 2.53. The fraction of sp³-hybridized carbons (Fsp3) is 0.395. The van der Waals surface area contributed by atoms with E-state index in [4.69, 9.17) is 9.47 Å². The van der Waals surface area contributed by atoms with Crippen LogP contribution in [0.3, 0.4) is 0 Å². The molecule has 3 fully saturated rings. The molecule has 3 heterocycles. The van der Waals surface area contributed by atoms with Gasteiger partial charge >= 0.3 is 0 Å². The Morgan fingerprint density at radius 2 is 1.40 bits per heavy atom. The molecule has 258 valence electrons. The maximum absolute atomic E-state index is 13.1. The quantitative estimate of drug-likeness (QED) is 0.191. The van der Waals surface area contributed by atoms with Crippen molar-refractivity contribution in [2.45, 2.75) is 84.1 Å². The highest BCUT2D eigenvalue weighted by molar-refractivity contribution is 6.21. The van der Waals surface area contributed by atoms with Crippen LogP contribution in [-0.2, 0) is 22.6 Å². The first-order chi connectivity index (χ1) is 24.1. The molecule has 4 aromatic carbocycles. The van der Waals surface area contributed by atoms with Crippen molar-refractivity contribution in [1.29, 1.82) is 0 Å². The van der Waals surface area contributed by atoms with E-state index < -0.39 is 6.29 Å². The zero-order valence-electron chi connectivity index (χ0n) is 29.2. The second-order valence-corrected chi connectivity index (χ2v) is 16.0. The van der Waals surface area contributed by atoms with Crippen molar-refractivity contribution in [2.75, 3.05) is 13.1 Å². The van der Waals surface area contributed by atoms with E-state index >= 15 is 0 Å². The van der Waals surface area contributed by atoms with Gasteiger partial charge in [-0.3, -0.25) is 19.4 Å². The van der Waals surface area contributed by atoms with Crippen molar-refractivity contribution in [1.82, 2.24) is 9.80 Å². The van der Waals surface area contributed by atoms with Gasteiger partial charge in [0.05, 0.1) is 36.5 Å². The van der Waals surface area contributed by atoms with E-state index in [1.807, 2.05) is 36.4 Å². The van der Waals surface area contributed by atoms with Gasteiger partial charge in [-0.2, -0.15) is 0 Å². The van der Waals surface area contributed by atoms with Crippen molar-refractivity contribution in [3.63, 3.8) is 0 Å². The van der Waals surface area contributed by atoms with Crippen LogP contribution < -0.4 is 0 Å². The molecule has 2 amide bonds. The molecule has 0 spiro atoms. The van der Waals surface area contributed by atoms with Crippen LogP contribution in [0.5, 0.6) is 0 Å². The Labute approximate surface area is 294 Å². The Kier molecular flexibility index (Phi) is 8.51. The molecule has 1 aliphatic carbocycles. The predicted molar refractivity (Wildman–Crippen MR) is 192 cm³/mol. The second-order valence-electron chi connectivity index (χ2n) is 16.0. The monoisotopic (exact) mass is 670 g/mol. The van der Waals surface area contributed by atoms with E-state index in [0.717, 1.165) is 52.9 Å². The molecular formula is C43H46N2O5. The van der Waals surface area contributed by atoms with Gasteiger partial charge in [0.15, 0.2) is 6.29 Å². The molecule has 50 heavy (non-hydrogen) atoms. The Hall–Kier alpha value is -4.14. The summed E-state index contributed by atoms with van der Waals surface area (Å²) in [6.45, 7) is 9.49. The SMILES string of the molecule is CC1(C)CC2CC(C)(CN2C[C@H]2C[C@@H](c3ccc(CO)cc3)O[C@@H](c3ccc(-c4ccccc4CN4C(=O)c5ccccc5C4=O)cc3)O2)C1. The molecule has 4 aliphatic rings. The van der Waals surface area contributed by atoms with E-state index in [1.54, 1.807) is 24.3 Å². The lowest BCUT2D eigenvalue weighted by Gasteiger charge is -2.41. The molecule has 7 heteroatoms. The number of nitrogens with zero attached hydrogens (tertiary/aromatic N) is 2. The first kappa shape index (κ1) is 33.0. The van der Waals surface area contributed by atoms with E-state index in [1.165, 1.54) is 24.2 Å². The molecule has 2 bridgehead atoms. The van der Waals surface area contributed by atoms with E-state index in [2.05, 4.69) is 62.1 Å². The molecule has 3 aliphatic heterocycles. The fourth-order valence-corrected chi connectivity index (χ4v) is 9.40. The minimum absolute atomic E-state index is 0.00221. The maximum Gasteiger partial charge on any atom is 0.261 e. The van der Waals surface area contributed by atoms with Gasteiger partial charge in [-0.15, -0.1) is 0 Å². The minimum Gasteiger partial charge on any atom is -0.392 e. The van der Waals surface area contributed by atoms with Crippen molar-refractivity contribution < 1.29 is 24.2 Å². The van der Waals surface area contributed by atoms with Crippen molar-refractivity contribution in [2.24, 2.45) is 10.8 Å². The molecule has 0 radical (unpaired) electrons. The van der Waals surface area contributed by atoms with Gasteiger partial charge in [-0.1, -0.05) is 106 Å². The summed E-state index contributed by atoms with van der Waals surface area (Å²) in [7, 11) is 0. The molecule has 4 aromatic rings. The first-order valence-corrected chi connectivity index (χ1v) is 18.0. The smallest absolute Gasteiger partial charge is 0.261 e. The fourth-order valence-electron chi connectivity index (χ4n) is 9.40. The lowest BCUT2D eigenvalue weighted by Crippen LogP contribution is -2.42. The second kappa shape index (κ2) is 12.9. The standard InChI is InChI=1S/C43H46N2O5/c1-42(2)21-33-22-43(3,26-42)27-44(33)24-34-20-38(30-14-12-28(25-46)13-15-30)50-41(49-34)31-18-16-29(17-19-31)35-9-5-4-8-32(35)23-45-39(47)36-10-6-7-11-37(36)40(45)48/h4-19,33-34,38,41,46H,20-27H2,1-3H3/t33?,34-,38+,41+,43?/m1/s1. The summed E-state index contributed by atoms with van der Waals surface area (Å²) < 4.78 is 13.5. The van der Waals surface area contributed by atoms with Gasteiger partial charge in [0.25, 0.3) is 11.8 Å². The van der Waals surface area contributed by atoms with Crippen molar-refractivity contribution >= 4 is 11.8 Å². The molecule has 0 aromatic heterocycles. The number of hydrogen-bond acceptors (Lipinski definition) is 6. The zero-order chi connectivity index (χ0) is 34.6. The predicted octanol–water partition coefficient (Wildman–Crippen LogP) is 8.09. The van der Waals surface area contributed by atoms with Gasteiger partial charge in [0.1, 0.15) is 0 Å². The Morgan fingerprint density at radius 3 is 2.08 bits per heavy atom. The summed E-state index contributed by atoms with van der Waals surface area (Å²) in [6, 6.07) is 31.9. The number of benzene rings is 4. The number of likely N-dealkylation sites (tertiary alicyclic amines) is 1. The third kappa shape index (κ3) is 6.33. The van der Waals surface area contributed by atoms with Crippen LogP contribution >= 0.6 is 0 Å². The topological polar surface area (TPSA) is 79.3 Å². The average Bonchev–Trinajstić information content (AvgIpc) is 3.50. The van der Waals surface area contributed by atoms with Crippen LogP contribution in [-0.4, -0.2) is 52.0 Å². The Bertz CT molecular complexity index is 1870. The number of imide groups is 1. The molecule has 5 atom stereocenters. The van der Waals surface area contributed by atoms with E-state index in [9.17, 15) is 14.7 Å². The highest BCUT2D eigenvalue weighted by atomic mass is 16.7. The van der Waals surface area contributed by atoms with Crippen LogP contribution in [0.2, 0.25) is 0 Å². The lowest BCUT2D eigenvalue weighted by molar-refractivity contribution is -0.253. The molecular weight excluding hydrogens is 624 g/mol. The van der Waals surface area contributed by atoms with Crippen LogP contribution in [0.25, 0.3) is 11.1 Å². The Balaban J connectivity index is 1.03. The van der Waals surface area contributed by atoms with Crippen LogP contribution in [0.1, 0.15) is 102 Å². The lowest BCUT2D eigenvalue weighted by atomic mass is 9.65. The number of rotatable bonds is 8. The summed E-state index contributed by atoms with van der Waals surface area (Å²) in [5, 5.41) is 9.63. The first-order valence-electron chi connectivity index (χ1n) is 18.0. The van der Waals surface area contributed by atoms with Gasteiger partial charge in [0.2, 0.25) is 0 Å². The summed E-state index contributed by atoms with van der Waals surface area (Å²) in [6.07, 6.45) is 3.83. The number of amides is 2. The van der Waals surface area contributed by atoms with Gasteiger partial charge in [-0.05, 0) is 70.0 Å². The molecule has 2 unspecified atom stereocenters. The van der Waals surface area contributed by atoms with Crippen LogP contribution in [0.4, 0.5) is 0 Å². The highest BCUT2D eigenvalue weighted by Gasteiger charge is 2.50. The minimum atomic E-state index is -0.534. The van der Waals surface area contributed by atoms with E-state index in [-0.39, 0.29) is 37.2 Å². The normalized spacial score (nSPS) is 27.5. The number of carbonyl (C=O) groups is 2. The van der Waals surface area contributed by atoms with Gasteiger partial charge in [-0.25, -0.2) is 0 Å². The molecule has 1 saturated carbocycles. The largest absolute Gasteiger partial charge is 0.392 e. The number of aliphatic hydroxyl groups excluding tert-OH is 1. The van der Waals surface area contributed by atoms with Crippen LogP contribution in [0, 0.1) is 10.8 Å². The number of carbonyl (C=O) groups excluding carboxylic acids is 2. The molecule has 7 nitrogen and oxygen atoms in total. The zero-order valence-corrected chi connectivity index (χ0v) is 29.2. The third-order valence-corrected chi connectivity index (χ3v) is 11.3. The third-order valence-electron chi connectivity index (χ3n) is 11.3. The molecule has 1 N–H and O–H groups in total. The maximum atomic E-state index is 13.1. The van der Waals surface area contributed by atoms with Crippen molar-refractivity contribution in [3.8, 4) is 11.1 Å². The Morgan fingerprint density at radius 1 is 0.760 bits per heavy atom. The summed E-state index contributed by atoms with van der Waals surface area (Å²) in [5.74, 6) is -0.514. The summed E-state index contributed by atoms with van der Waals surface area (Å²) >= 11 is 0. The molecule has 8 rings (SSSR count). The molecule has 2 saturated heterocycles. The summed E-state index contributed by atoms with van der Waals surface area (Å²) in [5.41, 5.74) is 7.40. The van der Waals surface area contributed by atoms with Gasteiger partial charge < -0.3 is 14.6 Å². The summed E-state index contributed by atoms with van der Waals surface area (Å²) in [4.78, 5) is 30.3. The van der Waals surface area contributed by atoms with Crippen molar-refractivity contribution in [3.05, 3.63) is 130 Å². The number of ether oxygens (including phenoxy) is 2. The van der Waals surface area contributed by atoms with Crippen LogP contribution in [0.15, 0.2) is 97.1 Å². The number of fused-ring (bicyclic) bond motifs is 3. The number of aliphatic hydroxyl groups is 1. The number of hydrogen-bond donors (Lipinski definition) is 1. The average molecular weight is 671 g/mol.